The predicted molar refractivity (Wildman–Crippen MR) is 43.5 cm³/mol. The van der Waals surface area contributed by atoms with Gasteiger partial charge in [0, 0.05) is 0 Å². The molecule has 12 heavy (non-hydrogen) atoms. The van der Waals surface area contributed by atoms with E-state index in [0.29, 0.717) is 5.56 Å². The molecular formula is C10H9O2. The summed E-state index contributed by atoms with van der Waals surface area (Å²) in [5.74, 6) is -1.08. The smallest absolute Gasteiger partial charge is 0.242 e. The third-order valence-corrected chi connectivity index (χ3v) is 2.33. The molecule has 2 heteroatoms. The Kier molecular flexibility index (Phi) is 1.61. The van der Waals surface area contributed by atoms with Crippen molar-refractivity contribution in [1.82, 2.24) is 0 Å². The fourth-order valence-corrected chi connectivity index (χ4v) is 1.70. The maximum Gasteiger partial charge on any atom is 0.386 e. The Morgan fingerprint density at radius 1 is 1.17 bits per heavy atom. The molecule has 0 amide bonds. The molecule has 0 aromatic heterocycles. The Bertz CT molecular complexity index is 329. The maximum absolute atomic E-state index is 10.5. The van der Waals surface area contributed by atoms with Crippen LogP contribution in [-0.2, 0) is 17.9 Å². The molecule has 2 rings (SSSR count). The Balaban J connectivity index is 2.45. The molecule has 1 aromatic rings. The van der Waals surface area contributed by atoms with Gasteiger partial charge in [0.1, 0.15) is 0 Å². The van der Waals surface area contributed by atoms with Gasteiger partial charge in [-0.15, -0.1) is 0 Å². The van der Waals surface area contributed by atoms with Gasteiger partial charge in [0.25, 0.3) is 0 Å². The second-order valence-electron chi connectivity index (χ2n) is 3.12. The van der Waals surface area contributed by atoms with Crippen molar-refractivity contribution in [3.05, 3.63) is 34.9 Å². The summed E-state index contributed by atoms with van der Waals surface area (Å²) in [5, 5.41) is 10.5. The second-order valence-corrected chi connectivity index (χ2v) is 3.12. The van der Waals surface area contributed by atoms with E-state index in [1.807, 2.05) is 6.07 Å². The number of rotatable bonds is 1. The van der Waals surface area contributed by atoms with Crippen LogP contribution in [0.1, 0.15) is 27.9 Å². The summed E-state index contributed by atoms with van der Waals surface area (Å²) in [6.07, 6.45) is 3.24. The molecule has 0 atom stereocenters. The summed E-state index contributed by atoms with van der Waals surface area (Å²) >= 11 is 0. The molecule has 0 saturated heterocycles. The molecule has 0 bridgehead atoms. The van der Waals surface area contributed by atoms with Crippen molar-refractivity contribution in [3.63, 3.8) is 0 Å². The van der Waals surface area contributed by atoms with Crippen molar-refractivity contribution >= 4 is 5.97 Å². The maximum atomic E-state index is 10.5. The van der Waals surface area contributed by atoms with Crippen LogP contribution in [0.3, 0.4) is 0 Å². The van der Waals surface area contributed by atoms with Gasteiger partial charge in [-0.2, -0.15) is 0 Å². The van der Waals surface area contributed by atoms with Gasteiger partial charge in [0.2, 0.25) is 0 Å². The average molecular weight is 161 g/mol. The van der Waals surface area contributed by atoms with E-state index in [1.165, 1.54) is 11.1 Å². The van der Waals surface area contributed by atoms with Crippen LogP contribution in [0.2, 0.25) is 0 Å². The van der Waals surface area contributed by atoms with Crippen molar-refractivity contribution < 1.29 is 9.90 Å². The van der Waals surface area contributed by atoms with Gasteiger partial charge in [-0.05, 0) is 42.5 Å². The van der Waals surface area contributed by atoms with Crippen LogP contribution in [0.5, 0.6) is 0 Å². The van der Waals surface area contributed by atoms with Crippen molar-refractivity contribution in [2.75, 3.05) is 0 Å². The highest BCUT2D eigenvalue weighted by Crippen LogP contribution is 2.22. The molecular weight excluding hydrogens is 152 g/mol. The summed E-state index contributed by atoms with van der Waals surface area (Å²) in [5.41, 5.74) is 2.77. The lowest BCUT2D eigenvalue weighted by Crippen LogP contribution is -1.95. The van der Waals surface area contributed by atoms with Gasteiger partial charge in [-0.1, -0.05) is 6.07 Å². The summed E-state index contributed by atoms with van der Waals surface area (Å²) < 4.78 is 0. The van der Waals surface area contributed by atoms with Crippen LogP contribution in [0.4, 0.5) is 0 Å². The fourth-order valence-electron chi connectivity index (χ4n) is 1.70. The Morgan fingerprint density at radius 3 is 2.67 bits per heavy atom. The minimum atomic E-state index is -1.08. The summed E-state index contributed by atoms with van der Waals surface area (Å²) in [6, 6.07) is 5.25. The first-order chi connectivity index (χ1) is 5.77. The number of carbonyl (C=O) groups excluding carboxylic acids is 1. The van der Waals surface area contributed by atoms with Crippen molar-refractivity contribution in [1.29, 1.82) is 0 Å². The number of carbonyl (C=O) groups is 1. The topological polar surface area (TPSA) is 37.0 Å². The molecule has 1 radical (unpaired) electrons. The van der Waals surface area contributed by atoms with E-state index < -0.39 is 5.97 Å². The van der Waals surface area contributed by atoms with Crippen LogP contribution in [0.25, 0.3) is 0 Å². The summed E-state index contributed by atoms with van der Waals surface area (Å²) in [6.45, 7) is 0. The molecule has 0 heterocycles. The molecule has 0 unspecified atom stereocenters. The van der Waals surface area contributed by atoms with Crippen LogP contribution in [-0.4, -0.2) is 5.97 Å². The van der Waals surface area contributed by atoms with Crippen molar-refractivity contribution in [2.45, 2.75) is 19.3 Å². The highest BCUT2D eigenvalue weighted by atomic mass is 16.4. The van der Waals surface area contributed by atoms with Crippen molar-refractivity contribution in [2.24, 2.45) is 0 Å². The fraction of sp³-hybridized carbons (Fsp3) is 0.300. The van der Waals surface area contributed by atoms with Crippen LogP contribution < -0.4 is 0 Å². The van der Waals surface area contributed by atoms with E-state index in [-0.39, 0.29) is 0 Å². The minimum absolute atomic E-state index is 0.302. The molecule has 2 nitrogen and oxygen atoms in total. The van der Waals surface area contributed by atoms with E-state index in [0.717, 1.165) is 19.3 Å². The summed E-state index contributed by atoms with van der Waals surface area (Å²) in [7, 11) is 0. The highest BCUT2D eigenvalue weighted by molar-refractivity contribution is 5.87. The van der Waals surface area contributed by atoms with Gasteiger partial charge in [-0.25, -0.2) is 9.90 Å². The number of benzene rings is 1. The van der Waals surface area contributed by atoms with E-state index >= 15 is 0 Å². The zero-order valence-electron chi connectivity index (χ0n) is 6.67. The monoisotopic (exact) mass is 161 g/mol. The Hall–Kier alpha value is -1.31. The zero-order chi connectivity index (χ0) is 8.55. The first-order valence-corrected chi connectivity index (χ1v) is 4.10. The number of aryl methyl sites for hydroxylation is 2. The Labute approximate surface area is 70.8 Å². The first-order valence-electron chi connectivity index (χ1n) is 4.10. The lowest BCUT2D eigenvalue weighted by atomic mass is 10.1. The van der Waals surface area contributed by atoms with Gasteiger partial charge >= 0.3 is 5.97 Å². The third kappa shape index (κ3) is 1.09. The Morgan fingerprint density at radius 2 is 1.92 bits per heavy atom. The second kappa shape index (κ2) is 2.63. The third-order valence-electron chi connectivity index (χ3n) is 2.33. The van der Waals surface area contributed by atoms with Gasteiger partial charge < -0.3 is 0 Å². The standard InChI is InChI=1S/C10H9O2/c11-10(12)9-5-4-7-2-1-3-8(7)6-9/h4-6H,1-3H2. The molecule has 0 saturated carbocycles. The van der Waals surface area contributed by atoms with Gasteiger partial charge in [-0.3, -0.25) is 0 Å². The molecule has 61 valence electrons. The predicted octanol–water partition coefficient (Wildman–Crippen LogP) is 1.75. The first kappa shape index (κ1) is 7.35. The number of fused-ring (bicyclic) bond motifs is 1. The SMILES string of the molecule is [O]C(=O)c1ccc2c(c1)CCC2. The van der Waals surface area contributed by atoms with E-state index in [2.05, 4.69) is 0 Å². The highest BCUT2D eigenvalue weighted by Gasteiger charge is 2.13. The molecule has 1 aromatic carbocycles. The van der Waals surface area contributed by atoms with Crippen LogP contribution in [0.15, 0.2) is 18.2 Å². The largest absolute Gasteiger partial charge is 0.386 e. The van der Waals surface area contributed by atoms with Crippen LogP contribution in [0, 0.1) is 0 Å². The van der Waals surface area contributed by atoms with Gasteiger partial charge in [0.05, 0.1) is 5.56 Å². The average Bonchev–Trinajstić information content (AvgIpc) is 2.49. The molecule has 0 spiro atoms. The van der Waals surface area contributed by atoms with Crippen molar-refractivity contribution in [3.8, 4) is 0 Å². The zero-order valence-corrected chi connectivity index (χ0v) is 6.67. The molecule has 1 aliphatic carbocycles. The van der Waals surface area contributed by atoms with E-state index in [1.54, 1.807) is 12.1 Å². The number of hydrogen-bond donors (Lipinski definition) is 0. The lowest BCUT2D eigenvalue weighted by Gasteiger charge is -1.98. The summed E-state index contributed by atoms with van der Waals surface area (Å²) in [4.78, 5) is 10.5. The van der Waals surface area contributed by atoms with E-state index in [9.17, 15) is 9.90 Å². The lowest BCUT2D eigenvalue weighted by molar-refractivity contribution is 0.0573. The number of hydrogen-bond acceptors (Lipinski definition) is 1. The van der Waals surface area contributed by atoms with Crippen LogP contribution >= 0.6 is 0 Å². The van der Waals surface area contributed by atoms with E-state index in [4.69, 9.17) is 0 Å². The quantitative estimate of drug-likeness (QED) is 0.618. The normalized spacial score (nSPS) is 14.3. The minimum Gasteiger partial charge on any atom is -0.242 e. The molecule has 0 aliphatic heterocycles. The molecule has 1 aliphatic rings. The molecule has 0 N–H and O–H groups in total. The van der Waals surface area contributed by atoms with Gasteiger partial charge in [0.15, 0.2) is 0 Å². The molecule has 0 fully saturated rings.